The summed E-state index contributed by atoms with van der Waals surface area (Å²) < 4.78 is 9.31. The van der Waals surface area contributed by atoms with Gasteiger partial charge >= 0.3 is 5.97 Å². The average molecular weight is 260 g/mol. The first-order valence-electron chi connectivity index (χ1n) is 5.38. The third kappa shape index (κ3) is 1.79. The van der Waals surface area contributed by atoms with E-state index in [0.717, 1.165) is 0 Å². The van der Waals surface area contributed by atoms with Crippen LogP contribution < -0.4 is 5.84 Å². The molecule has 8 heteroatoms. The number of carbonyl (C=O) groups excluding carboxylic acids is 1. The number of methoxy groups -OCH3 is 1. The van der Waals surface area contributed by atoms with Crippen molar-refractivity contribution in [2.45, 2.75) is 0 Å². The lowest BCUT2D eigenvalue weighted by Crippen LogP contribution is -2.50. The summed E-state index contributed by atoms with van der Waals surface area (Å²) in [5, 5.41) is 4.21. The molecule has 3 rings (SSSR count). The number of fused-ring (bicyclic) bond motifs is 1. The molecule has 0 aliphatic carbocycles. The van der Waals surface area contributed by atoms with Crippen LogP contribution in [0.15, 0.2) is 49.8 Å². The third-order valence-corrected chi connectivity index (χ3v) is 2.62. The predicted molar refractivity (Wildman–Crippen MR) is 65.7 cm³/mol. The van der Waals surface area contributed by atoms with E-state index in [4.69, 9.17) is 10.3 Å². The van der Waals surface area contributed by atoms with Gasteiger partial charge in [-0.2, -0.15) is 4.99 Å². The summed E-state index contributed by atoms with van der Waals surface area (Å²) in [5.41, 5.74) is 0.0772. The summed E-state index contributed by atoms with van der Waals surface area (Å²) in [6.45, 7) is 0. The molecule has 0 aromatic carbocycles. The number of esters is 1. The summed E-state index contributed by atoms with van der Waals surface area (Å²) in [7, 11) is 1.27. The number of rotatable bonds is 2. The molecule has 0 saturated carbocycles. The molecular formula is C11H10N5O3+. The van der Waals surface area contributed by atoms with Crippen LogP contribution in [-0.4, -0.2) is 35.7 Å². The number of aliphatic imine (C=N–C) groups is 2. The van der Waals surface area contributed by atoms with E-state index in [2.05, 4.69) is 19.8 Å². The van der Waals surface area contributed by atoms with Gasteiger partial charge in [-0.3, -0.25) is 0 Å². The topological polar surface area (TPSA) is 103 Å². The van der Waals surface area contributed by atoms with Crippen molar-refractivity contribution in [3.8, 4) is 0 Å². The SMILES string of the molecule is COC(=O)C1=C[N+]2(N)N=C(c3ccco3)N=C2C=N1. The highest BCUT2D eigenvalue weighted by Crippen LogP contribution is 2.21. The Balaban J connectivity index is 2.01. The van der Waals surface area contributed by atoms with Gasteiger partial charge in [0.15, 0.2) is 12.0 Å². The van der Waals surface area contributed by atoms with E-state index in [1.807, 2.05) is 0 Å². The van der Waals surface area contributed by atoms with Crippen molar-refractivity contribution < 1.29 is 18.6 Å². The lowest BCUT2D eigenvalue weighted by atomic mass is 10.4. The van der Waals surface area contributed by atoms with Crippen LogP contribution in [0.1, 0.15) is 5.76 Å². The number of hydrogen-bond acceptors (Lipinski definition) is 7. The molecule has 2 N–H and O–H groups in total. The second kappa shape index (κ2) is 3.97. The highest BCUT2D eigenvalue weighted by Gasteiger charge is 2.41. The van der Waals surface area contributed by atoms with Crippen molar-refractivity contribution in [1.29, 1.82) is 0 Å². The van der Waals surface area contributed by atoms with Gasteiger partial charge in [0.1, 0.15) is 6.21 Å². The van der Waals surface area contributed by atoms with E-state index in [1.54, 1.807) is 12.1 Å². The third-order valence-electron chi connectivity index (χ3n) is 2.62. The van der Waals surface area contributed by atoms with Crippen LogP contribution >= 0.6 is 0 Å². The van der Waals surface area contributed by atoms with Crippen LogP contribution in [0.3, 0.4) is 0 Å². The van der Waals surface area contributed by atoms with Gasteiger partial charge < -0.3 is 9.15 Å². The molecule has 0 amide bonds. The number of ether oxygens (including phenoxy) is 1. The van der Waals surface area contributed by atoms with Crippen molar-refractivity contribution in [2.75, 3.05) is 7.11 Å². The largest absolute Gasteiger partial charge is 0.464 e. The number of quaternary nitrogens is 1. The van der Waals surface area contributed by atoms with E-state index < -0.39 is 10.7 Å². The molecule has 96 valence electrons. The van der Waals surface area contributed by atoms with Crippen molar-refractivity contribution in [3.05, 3.63) is 36.1 Å². The van der Waals surface area contributed by atoms with Gasteiger partial charge in [0.25, 0.3) is 11.7 Å². The maximum Gasteiger partial charge on any atom is 0.362 e. The minimum atomic E-state index is -0.583. The molecule has 1 atom stereocenters. The van der Waals surface area contributed by atoms with Crippen LogP contribution in [0, 0.1) is 0 Å². The lowest BCUT2D eigenvalue weighted by Gasteiger charge is -2.18. The first-order valence-corrected chi connectivity index (χ1v) is 5.38. The average Bonchev–Trinajstić information content (AvgIpc) is 3.02. The second-order valence-electron chi connectivity index (χ2n) is 3.87. The molecule has 0 radical (unpaired) electrons. The van der Waals surface area contributed by atoms with Crippen LogP contribution in [0.4, 0.5) is 0 Å². The monoisotopic (exact) mass is 260 g/mol. The van der Waals surface area contributed by atoms with Crippen LogP contribution in [0.2, 0.25) is 0 Å². The smallest absolute Gasteiger partial charge is 0.362 e. The van der Waals surface area contributed by atoms with Gasteiger partial charge in [-0.15, -0.1) is 5.84 Å². The normalized spacial score (nSPS) is 24.4. The Morgan fingerprint density at radius 1 is 1.53 bits per heavy atom. The Bertz CT molecular complexity index is 656. The van der Waals surface area contributed by atoms with Gasteiger partial charge in [0, 0.05) is 0 Å². The number of hydrogen-bond donors (Lipinski definition) is 1. The zero-order valence-electron chi connectivity index (χ0n) is 9.98. The van der Waals surface area contributed by atoms with E-state index >= 15 is 0 Å². The molecule has 2 aliphatic heterocycles. The van der Waals surface area contributed by atoms with Gasteiger partial charge in [-0.1, -0.05) is 0 Å². The fourth-order valence-electron chi connectivity index (χ4n) is 1.70. The quantitative estimate of drug-likeness (QED) is 0.464. The Morgan fingerprint density at radius 2 is 2.37 bits per heavy atom. The molecule has 2 aliphatic rings. The van der Waals surface area contributed by atoms with Gasteiger partial charge in [-0.25, -0.2) is 9.79 Å². The summed E-state index contributed by atoms with van der Waals surface area (Å²) in [4.78, 5) is 19.6. The lowest BCUT2D eigenvalue weighted by molar-refractivity contribution is -0.803. The zero-order valence-corrected chi connectivity index (χ0v) is 9.98. The standard InChI is InChI=1S/C11H10N5O3/c1-18-11(17)7-6-16(12)9(5-13-7)14-10(15-16)8-3-2-4-19-8/h2-6H,12H2,1H3/q+1. The minimum Gasteiger partial charge on any atom is -0.464 e. The van der Waals surface area contributed by atoms with Crippen molar-refractivity contribution in [3.63, 3.8) is 0 Å². The fourth-order valence-corrected chi connectivity index (χ4v) is 1.70. The first-order chi connectivity index (χ1) is 9.12. The fraction of sp³-hybridized carbons (Fsp3) is 0.0909. The molecule has 0 bridgehead atoms. The van der Waals surface area contributed by atoms with Gasteiger partial charge in [-0.05, 0) is 21.9 Å². The maximum absolute atomic E-state index is 11.4. The van der Waals surface area contributed by atoms with Crippen LogP contribution in [0.5, 0.6) is 0 Å². The molecule has 8 nitrogen and oxygen atoms in total. The number of nitrogens with two attached hydrogens (primary N) is 1. The summed E-state index contributed by atoms with van der Waals surface area (Å²) in [5.74, 6) is 6.69. The van der Waals surface area contributed by atoms with E-state index in [-0.39, 0.29) is 5.70 Å². The number of carbonyl (C=O) groups is 1. The van der Waals surface area contributed by atoms with Crippen molar-refractivity contribution in [1.82, 2.24) is 0 Å². The molecule has 0 spiro atoms. The van der Waals surface area contributed by atoms with Crippen LogP contribution in [-0.2, 0) is 9.53 Å². The molecule has 1 unspecified atom stereocenters. The van der Waals surface area contributed by atoms with E-state index in [0.29, 0.717) is 17.4 Å². The Hall–Kier alpha value is -2.58. The van der Waals surface area contributed by atoms with Gasteiger partial charge in [0.05, 0.1) is 13.4 Å². The molecule has 1 aromatic heterocycles. The highest BCUT2D eigenvalue weighted by atomic mass is 16.5. The predicted octanol–water partition coefficient (Wildman–Crippen LogP) is 0.143. The molecular weight excluding hydrogens is 250 g/mol. The van der Waals surface area contributed by atoms with E-state index in [9.17, 15) is 4.79 Å². The number of furan rings is 1. The molecule has 0 fully saturated rings. The summed E-state index contributed by atoms with van der Waals surface area (Å²) >= 11 is 0. The Labute approximate surface area is 107 Å². The maximum atomic E-state index is 11.4. The van der Waals surface area contributed by atoms with Gasteiger partial charge in [0.2, 0.25) is 5.70 Å². The second-order valence-corrected chi connectivity index (χ2v) is 3.87. The minimum absolute atomic E-state index is 0.0772. The number of nitrogens with zero attached hydrogens (tertiary/aromatic N) is 4. The number of amidine groups is 2. The van der Waals surface area contributed by atoms with Crippen molar-refractivity contribution >= 4 is 23.9 Å². The zero-order chi connectivity index (χ0) is 13.5. The molecule has 0 saturated heterocycles. The first kappa shape index (κ1) is 11.5. The Morgan fingerprint density at radius 3 is 3.05 bits per heavy atom. The summed E-state index contributed by atoms with van der Waals surface area (Å²) in [6, 6.07) is 3.44. The van der Waals surface area contributed by atoms with E-state index in [1.165, 1.54) is 25.8 Å². The van der Waals surface area contributed by atoms with Crippen molar-refractivity contribution in [2.24, 2.45) is 20.9 Å². The van der Waals surface area contributed by atoms with Crippen LogP contribution in [0.25, 0.3) is 0 Å². The summed E-state index contributed by atoms with van der Waals surface area (Å²) in [6.07, 6.45) is 4.26. The molecule has 19 heavy (non-hydrogen) atoms. The highest BCUT2D eigenvalue weighted by molar-refractivity contribution is 6.31. The molecule has 1 aromatic rings. The Kier molecular flexibility index (Phi) is 2.40. The molecule has 3 heterocycles.